The SMILES string of the molecule is CC(C)(C)c1ccccc1Oc1cnc(C(=N)N)cn1. The fourth-order valence-corrected chi connectivity index (χ4v) is 1.80. The Kier molecular flexibility index (Phi) is 3.70. The molecule has 1 aromatic heterocycles. The zero-order chi connectivity index (χ0) is 14.8. The predicted molar refractivity (Wildman–Crippen MR) is 78.3 cm³/mol. The van der Waals surface area contributed by atoms with E-state index in [1.165, 1.54) is 12.4 Å². The summed E-state index contributed by atoms with van der Waals surface area (Å²) >= 11 is 0. The number of nitrogens with one attached hydrogen (secondary N) is 1. The first-order chi connectivity index (χ1) is 9.38. The number of amidine groups is 1. The zero-order valence-electron chi connectivity index (χ0n) is 11.8. The first-order valence-corrected chi connectivity index (χ1v) is 6.32. The maximum Gasteiger partial charge on any atom is 0.237 e. The third-order valence-electron chi connectivity index (χ3n) is 2.81. The molecule has 1 aromatic carbocycles. The monoisotopic (exact) mass is 270 g/mol. The smallest absolute Gasteiger partial charge is 0.237 e. The molecule has 0 aliphatic rings. The minimum atomic E-state index is -0.112. The van der Waals surface area contributed by atoms with Gasteiger partial charge in [0.25, 0.3) is 0 Å². The Bertz CT molecular complexity index is 615. The fraction of sp³-hybridized carbons (Fsp3) is 0.267. The third kappa shape index (κ3) is 3.12. The lowest BCUT2D eigenvalue weighted by molar-refractivity contribution is 0.437. The number of hydrogen-bond acceptors (Lipinski definition) is 4. The first-order valence-electron chi connectivity index (χ1n) is 6.32. The van der Waals surface area contributed by atoms with E-state index in [9.17, 15) is 0 Å². The molecule has 0 bridgehead atoms. The topological polar surface area (TPSA) is 84.9 Å². The van der Waals surface area contributed by atoms with Gasteiger partial charge < -0.3 is 10.5 Å². The van der Waals surface area contributed by atoms with Crippen molar-refractivity contribution in [2.75, 3.05) is 0 Å². The van der Waals surface area contributed by atoms with Gasteiger partial charge >= 0.3 is 0 Å². The van der Waals surface area contributed by atoms with Crippen molar-refractivity contribution in [3.05, 3.63) is 47.9 Å². The summed E-state index contributed by atoms with van der Waals surface area (Å²) < 4.78 is 5.79. The van der Waals surface area contributed by atoms with Crippen LogP contribution in [-0.4, -0.2) is 15.8 Å². The van der Waals surface area contributed by atoms with Crippen LogP contribution in [-0.2, 0) is 5.41 Å². The Labute approximate surface area is 118 Å². The Hall–Kier alpha value is -2.43. The number of nitrogens with two attached hydrogens (primary N) is 1. The first kappa shape index (κ1) is 14.0. The van der Waals surface area contributed by atoms with Gasteiger partial charge in [-0.15, -0.1) is 0 Å². The summed E-state index contributed by atoms with van der Waals surface area (Å²) in [6, 6.07) is 7.84. The summed E-state index contributed by atoms with van der Waals surface area (Å²) in [5.41, 5.74) is 6.74. The quantitative estimate of drug-likeness (QED) is 0.663. The molecule has 0 aliphatic carbocycles. The van der Waals surface area contributed by atoms with Crippen molar-refractivity contribution < 1.29 is 4.74 Å². The van der Waals surface area contributed by atoms with Crippen LogP contribution in [0.3, 0.4) is 0 Å². The highest BCUT2D eigenvalue weighted by Gasteiger charge is 2.19. The summed E-state index contributed by atoms with van der Waals surface area (Å²) in [7, 11) is 0. The Balaban J connectivity index is 2.28. The second-order valence-corrected chi connectivity index (χ2v) is 5.50. The second-order valence-electron chi connectivity index (χ2n) is 5.50. The van der Waals surface area contributed by atoms with Gasteiger partial charge in [0, 0.05) is 5.56 Å². The number of nitrogens with zero attached hydrogens (tertiary/aromatic N) is 2. The lowest BCUT2D eigenvalue weighted by Gasteiger charge is -2.22. The summed E-state index contributed by atoms with van der Waals surface area (Å²) in [6.45, 7) is 6.37. The molecule has 0 fully saturated rings. The lowest BCUT2D eigenvalue weighted by Crippen LogP contribution is -2.14. The highest BCUT2D eigenvalue weighted by molar-refractivity contribution is 5.92. The number of hydrogen-bond donors (Lipinski definition) is 2. The molecule has 1 heterocycles. The van der Waals surface area contributed by atoms with E-state index in [-0.39, 0.29) is 11.3 Å². The molecule has 0 radical (unpaired) electrons. The number of aromatic nitrogens is 2. The van der Waals surface area contributed by atoms with E-state index in [2.05, 4.69) is 30.7 Å². The van der Waals surface area contributed by atoms with Gasteiger partial charge in [0.15, 0.2) is 0 Å². The van der Waals surface area contributed by atoms with Crippen LogP contribution in [0.25, 0.3) is 0 Å². The van der Waals surface area contributed by atoms with Crippen LogP contribution in [0.15, 0.2) is 36.7 Å². The van der Waals surface area contributed by atoms with Gasteiger partial charge in [0.2, 0.25) is 5.88 Å². The van der Waals surface area contributed by atoms with Gasteiger partial charge in [-0.3, -0.25) is 5.41 Å². The number of nitrogen functional groups attached to an aromatic ring is 1. The number of benzene rings is 1. The van der Waals surface area contributed by atoms with Crippen LogP contribution in [0.2, 0.25) is 0 Å². The van der Waals surface area contributed by atoms with Crippen LogP contribution >= 0.6 is 0 Å². The molecule has 0 saturated carbocycles. The van der Waals surface area contributed by atoms with Gasteiger partial charge in [0.1, 0.15) is 17.3 Å². The van der Waals surface area contributed by atoms with Crippen molar-refractivity contribution >= 4 is 5.84 Å². The van der Waals surface area contributed by atoms with Crippen molar-refractivity contribution in [3.8, 4) is 11.6 Å². The number of rotatable bonds is 3. The maximum atomic E-state index is 7.28. The molecule has 0 saturated heterocycles. The Morgan fingerprint density at radius 2 is 1.85 bits per heavy atom. The molecule has 5 heteroatoms. The Morgan fingerprint density at radius 1 is 1.15 bits per heavy atom. The van der Waals surface area contributed by atoms with Gasteiger partial charge in [-0.25, -0.2) is 9.97 Å². The molecule has 2 rings (SSSR count). The minimum Gasteiger partial charge on any atom is -0.437 e. The van der Waals surface area contributed by atoms with Crippen molar-refractivity contribution in [3.63, 3.8) is 0 Å². The highest BCUT2D eigenvalue weighted by Crippen LogP contribution is 2.33. The molecule has 5 nitrogen and oxygen atoms in total. The molecule has 0 unspecified atom stereocenters. The molecular formula is C15H18N4O. The molecule has 3 N–H and O–H groups in total. The maximum absolute atomic E-state index is 7.28. The second kappa shape index (κ2) is 5.28. The van der Waals surface area contributed by atoms with Crippen molar-refractivity contribution in [2.45, 2.75) is 26.2 Å². The zero-order valence-corrected chi connectivity index (χ0v) is 11.8. The summed E-state index contributed by atoms with van der Waals surface area (Å²) in [4.78, 5) is 8.14. The van der Waals surface area contributed by atoms with E-state index in [0.717, 1.165) is 11.3 Å². The molecule has 2 aromatic rings. The lowest BCUT2D eigenvalue weighted by atomic mass is 9.86. The molecule has 20 heavy (non-hydrogen) atoms. The van der Waals surface area contributed by atoms with Crippen molar-refractivity contribution in [2.24, 2.45) is 5.73 Å². The van der Waals surface area contributed by atoms with E-state index in [0.29, 0.717) is 11.6 Å². The van der Waals surface area contributed by atoms with Crippen molar-refractivity contribution in [1.29, 1.82) is 5.41 Å². The normalized spacial score (nSPS) is 11.2. The largest absolute Gasteiger partial charge is 0.437 e. The predicted octanol–water partition coefficient (Wildman–Crippen LogP) is 2.85. The molecular weight excluding hydrogens is 252 g/mol. The van der Waals surface area contributed by atoms with E-state index < -0.39 is 0 Å². The Morgan fingerprint density at radius 3 is 2.40 bits per heavy atom. The van der Waals surface area contributed by atoms with Crippen LogP contribution in [0, 0.1) is 5.41 Å². The standard InChI is InChI=1S/C15H18N4O/c1-15(2,3)10-6-4-5-7-12(10)20-13-9-18-11(8-19-13)14(16)17/h4-9H,1-3H3,(H3,16,17). The summed E-state index contributed by atoms with van der Waals surface area (Å²) in [5, 5.41) is 7.28. The van der Waals surface area contributed by atoms with E-state index in [4.69, 9.17) is 15.9 Å². The van der Waals surface area contributed by atoms with Gasteiger partial charge in [-0.2, -0.15) is 0 Å². The average Bonchev–Trinajstić information content (AvgIpc) is 2.38. The van der Waals surface area contributed by atoms with E-state index in [1.807, 2.05) is 24.3 Å². The molecule has 0 aliphatic heterocycles. The van der Waals surface area contributed by atoms with Gasteiger partial charge in [-0.05, 0) is 11.5 Å². The van der Waals surface area contributed by atoms with Crippen LogP contribution in [0.5, 0.6) is 11.6 Å². The van der Waals surface area contributed by atoms with E-state index in [1.54, 1.807) is 0 Å². The fourth-order valence-electron chi connectivity index (χ4n) is 1.80. The third-order valence-corrected chi connectivity index (χ3v) is 2.81. The van der Waals surface area contributed by atoms with Crippen molar-refractivity contribution in [1.82, 2.24) is 9.97 Å². The minimum absolute atomic E-state index is 0.0245. The molecule has 104 valence electrons. The number of para-hydroxylation sites is 1. The summed E-state index contributed by atoms with van der Waals surface area (Å²) in [5.74, 6) is 1.02. The van der Waals surface area contributed by atoms with Crippen LogP contribution in [0.1, 0.15) is 32.0 Å². The van der Waals surface area contributed by atoms with Crippen LogP contribution in [0.4, 0.5) is 0 Å². The number of ether oxygens (including phenoxy) is 1. The summed E-state index contributed by atoms with van der Waals surface area (Å²) in [6.07, 6.45) is 2.90. The van der Waals surface area contributed by atoms with Crippen LogP contribution < -0.4 is 10.5 Å². The molecule has 0 atom stereocenters. The van der Waals surface area contributed by atoms with E-state index >= 15 is 0 Å². The van der Waals surface area contributed by atoms with Gasteiger partial charge in [-0.1, -0.05) is 39.0 Å². The van der Waals surface area contributed by atoms with Gasteiger partial charge in [0.05, 0.1) is 12.4 Å². The molecule has 0 spiro atoms. The average molecular weight is 270 g/mol. The highest BCUT2D eigenvalue weighted by atomic mass is 16.5. The molecule has 0 amide bonds.